The molecule has 4 unspecified atom stereocenters. The Morgan fingerprint density at radius 2 is 0.875 bits per heavy atom. The Balaban J connectivity index is 3.20. The third-order valence-corrected chi connectivity index (χ3v) is 23.9. The molecular weight excluding hydrogens is 369 g/mol. The quantitative estimate of drug-likeness (QED) is 0.462. The second-order valence-electron chi connectivity index (χ2n) is 7.90. The molecule has 4 atom stereocenters. The minimum absolute atomic E-state index is 0.965. The third-order valence-electron chi connectivity index (χ3n) is 4.76. The molecule has 0 N–H and O–H groups in total. The van der Waals surface area contributed by atoms with Crippen molar-refractivity contribution in [2.24, 2.45) is 0 Å². The molecule has 1 rings (SSSR count). The Morgan fingerprint density at radius 1 is 0.500 bits per heavy atom. The Morgan fingerprint density at radius 3 is 1.21 bits per heavy atom. The molecule has 1 fully saturated rings. The van der Waals surface area contributed by atoms with E-state index in [0.717, 1.165) is 43.4 Å². The minimum atomic E-state index is -2.26. The number of hydrogen-bond acceptors (Lipinski definition) is 4. The lowest BCUT2D eigenvalue weighted by Gasteiger charge is -2.50. The summed E-state index contributed by atoms with van der Waals surface area (Å²) in [6, 6.07) is 4.08. The van der Waals surface area contributed by atoms with Crippen molar-refractivity contribution in [1.29, 1.82) is 0 Å². The van der Waals surface area contributed by atoms with Gasteiger partial charge in [0.15, 0.2) is 0 Å². The van der Waals surface area contributed by atoms with Crippen molar-refractivity contribution >= 4 is 34.2 Å². The van der Waals surface area contributed by atoms with Crippen molar-refractivity contribution in [2.75, 3.05) is 0 Å². The maximum absolute atomic E-state index is 6.87. The average Bonchev–Trinajstić information content (AvgIpc) is 2.43. The summed E-state index contributed by atoms with van der Waals surface area (Å²) in [5, 5.41) is 0. The van der Waals surface area contributed by atoms with Crippen LogP contribution in [0.4, 0.5) is 0 Å². The number of hydrogen-bond donors (Lipinski definition) is 0. The van der Waals surface area contributed by atoms with Crippen molar-refractivity contribution in [3.63, 3.8) is 0 Å². The number of rotatable bonds is 8. The van der Waals surface area contributed by atoms with E-state index in [1.165, 1.54) is 6.42 Å². The first kappa shape index (κ1) is 22.7. The van der Waals surface area contributed by atoms with Gasteiger partial charge < -0.3 is 16.5 Å². The van der Waals surface area contributed by atoms with E-state index < -0.39 is 34.2 Å². The lowest BCUT2D eigenvalue weighted by molar-refractivity contribution is 0.222. The van der Waals surface area contributed by atoms with Crippen molar-refractivity contribution in [2.45, 2.75) is 104 Å². The SMILES string of the molecule is CCCC[Si]1(C)O[Si](C)(CC)O[Si](C)(CCC)O[Si](C)(CCC)O1. The molecule has 8 heteroatoms. The van der Waals surface area contributed by atoms with E-state index in [4.69, 9.17) is 16.5 Å². The highest BCUT2D eigenvalue weighted by atomic mass is 28.5. The Labute approximate surface area is 154 Å². The van der Waals surface area contributed by atoms with Gasteiger partial charge in [-0.3, -0.25) is 0 Å². The van der Waals surface area contributed by atoms with Gasteiger partial charge in [0, 0.05) is 0 Å². The van der Waals surface area contributed by atoms with Crippen LogP contribution in [0, 0.1) is 0 Å². The molecule has 0 aromatic heterocycles. The molecule has 0 spiro atoms. The van der Waals surface area contributed by atoms with Crippen LogP contribution in [0.15, 0.2) is 0 Å². The highest BCUT2D eigenvalue weighted by Gasteiger charge is 2.55. The summed E-state index contributed by atoms with van der Waals surface area (Å²) in [6.45, 7) is 17.8. The molecule has 144 valence electrons. The highest BCUT2D eigenvalue weighted by molar-refractivity contribution is 6.93. The minimum Gasteiger partial charge on any atom is -0.416 e. The second kappa shape index (κ2) is 9.07. The summed E-state index contributed by atoms with van der Waals surface area (Å²) in [5.41, 5.74) is 0. The summed E-state index contributed by atoms with van der Waals surface area (Å²) in [5.74, 6) is 0. The molecular formula is C16H40O4Si4. The molecule has 0 aromatic rings. The topological polar surface area (TPSA) is 36.9 Å². The van der Waals surface area contributed by atoms with Crippen molar-refractivity contribution < 1.29 is 16.5 Å². The predicted octanol–water partition coefficient (Wildman–Crippen LogP) is 5.99. The van der Waals surface area contributed by atoms with Crippen molar-refractivity contribution in [3.8, 4) is 0 Å². The lowest BCUT2D eigenvalue weighted by Crippen LogP contribution is -2.67. The molecule has 0 aromatic carbocycles. The van der Waals surface area contributed by atoms with E-state index in [2.05, 4.69) is 53.9 Å². The fourth-order valence-electron chi connectivity index (χ4n) is 3.77. The summed E-state index contributed by atoms with van der Waals surface area (Å²) in [7, 11) is -9.00. The maximum Gasteiger partial charge on any atom is 0.317 e. The molecule has 1 saturated heterocycles. The molecule has 0 saturated carbocycles. The summed E-state index contributed by atoms with van der Waals surface area (Å²) in [6.07, 6.45) is 4.53. The first-order valence-corrected chi connectivity index (χ1v) is 20.0. The summed E-state index contributed by atoms with van der Waals surface area (Å²) < 4.78 is 27.3. The standard InChI is InChI=1S/C16H40O4Si4/c1-9-13-16-24(8)18-21(5,12-4)17-22(6,14-10-2)19-23(7,20-24)15-11-3/h9-16H2,1-8H3. The van der Waals surface area contributed by atoms with Crippen LogP contribution in [0.1, 0.15) is 53.4 Å². The fourth-order valence-corrected chi connectivity index (χ4v) is 27.0. The molecule has 24 heavy (non-hydrogen) atoms. The van der Waals surface area contributed by atoms with E-state index in [9.17, 15) is 0 Å². The van der Waals surface area contributed by atoms with Crippen LogP contribution in [-0.2, 0) is 16.5 Å². The summed E-state index contributed by atoms with van der Waals surface area (Å²) >= 11 is 0. The zero-order valence-electron chi connectivity index (χ0n) is 17.3. The Bertz CT molecular complexity index is 402. The van der Waals surface area contributed by atoms with E-state index >= 15 is 0 Å². The molecule has 0 bridgehead atoms. The second-order valence-corrected chi connectivity index (χ2v) is 22.4. The number of unbranched alkanes of at least 4 members (excludes halogenated alkanes) is 1. The largest absolute Gasteiger partial charge is 0.416 e. The van der Waals surface area contributed by atoms with E-state index in [-0.39, 0.29) is 0 Å². The van der Waals surface area contributed by atoms with Gasteiger partial charge in [0.05, 0.1) is 0 Å². The smallest absolute Gasteiger partial charge is 0.317 e. The summed E-state index contributed by atoms with van der Waals surface area (Å²) in [4.78, 5) is 0. The molecule has 0 amide bonds. The molecule has 1 aliphatic rings. The fraction of sp³-hybridized carbons (Fsp3) is 1.00. The van der Waals surface area contributed by atoms with Gasteiger partial charge in [0.25, 0.3) is 0 Å². The molecule has 1 heterocycles. The third kappa shape index (κ3) is 6.46. The van der Waals surface area contributed by atoms with E-state index in [1.54, 1.807) is 0 Å². The lowest BCUT2D eigenvalue weighted by atomic mass is 10.4. The normalized spacial score (nSPS) is 41.0. The van der Waals surface area contributed by atoms with Crippen LogP contribution >= 0.6 is 0 Å². The van der Waals surface area contributed by atoms with Gasteiger partial charge in [0.2, 0.25) is 0 Å². The van der Waals surface area contributed by atoms with Crippen LogP contribution in [-0.4, -0.2) is 34.2 Å². The van der Waals surface area contributed by atoms with Gasteiger partial charge >= 0.3 is 34.2 Å². The predicted molar refractivity (Wildman–Crippen MR) is 111 cm³/mol. The van der Waals surface area contributed by atoms with E-state index in [0.29, 0.717) is 0 Å². The molecule has 0 aliphatic carbocycles. The molecule has 1 aliphatic heterocycles. The average molecular weight is 409 g/mol. The molecule has 4 nitrogen and oxygen atoms in total. The van der Waals surface area contributed by atoms with Gasteiger partial charge in [-0.05, 0) is 50.4 Å². The van der Waals surface area contributed by atoms with Crippen LogP contribution in [0.25, 0.3) is 0 Å². The van der Waals surface area contributed by atoms with Crippen LogP contribution in [0.2, 0.25) is 50.4 Å². The zero-order chi connectivity index (χ0) is 18.5. The van der Waals surface area contributed by atoms with Gasteiger partial charge in [-0.1, -0.05) is 53.4 Å². The zero-order valence-corrected chi connectivity index (χ0v) is 21.3. The van der Waals surface area contributed by atoms with Gasteiger partial charge in [0.1, 0.15) is 0 Å². The van der Waals surface area contributed by atoms with Gasteiger partial charge in [-0.2, -0.15) is 0 Å². The first-order chi connectivity index (χ1) is 11.1. The van der Waals surface area contributed by atoms with Crippen LogP contribution < -0.4 is 0 Å². The van der Waals surface area contributed by atoms with Crippen molar-refractivity contribution in [3.05, 3.63) is 0 Å². The first-order valence-electron chi connectivity index (χ1n) is 9.88. The Hall–Kier alpha value is 0.708. The molecule has 0 radical (unpaired) electrons. The highest BCUT2D eigenvalue weighted by Crippen LogP contribution is 2.38. The Kier molecular flexibility index (Phi) is 8.60. The maximum atomic E-state index is 6.87. The monoisotopic (exact) mass is 408 g/mol. The van der Waals surface area contributed by atoms with Gasteiger partial charge in [-0.25, -0.2) is 0 Å². The van der Waals surface area contributed by atoms with Gasteiger partial charge in [-0.15, -0.1) is 0 Å². The van der Waals surface area contributed by atoms with Crippen LogP contribution in [0.3, 0.4) is 0 Å². The van der Waals surface area contributed by atoms with Crippen molar-refractivity contribution in [1.82, 2.24) is 0 Å². The van der Waals surface area contributed by atoms with Crippen LogP contribution in [0.5, 0.6) is 0 Å². The van der Waals surface area contributed by atoms with E-state index in [1.807, 2.05) is 0 Å².